The molecule has 0 saturated heterocycles. The van der Waals surface area contributed by atoms with Crippen molar-refractivity contribution in [3.63, 3.8) is 0 Å². The standard InChI is InChI=1S/C19H19F2NO3S/c1-11-9-14(22-26(4,23)24)10-15-16(11)17(18(21)19(2,3)25-15)12-5-7-13(20)8-6-12/h5-10,22H,1-4H3. The summed E-state index contributed by atoms with van der Waals surface area (Å²) in [4.78, 5) is 0. The number of hydrogen-bond acceptors (Lipinski definition) is 3. The second kappa shape index (κ2) is 6.09. The van der Waals surface area contributed by atoms with Crippen molar-refractivity contribution >= 4 is 21.3 Å². The molecule has 7 heteroatoms. The fourth-order valence-electron chi connectivity index (χ4n) is 3.05. The van der Waals surface area contributed by atoms with Crippen LogP contribution in [0, 0.1) is 12.7 Å². The van der Waals surface area contributed by atoms with Crippen LogP contribution in [0.25, 0.3) is 5.57 Å². The molecule has 0 aliphatic carbocycles. The molecule has 2 aromatic carbocycles. The molecule has 0 atom stereocenters. The van der Waals surface area contributed by atoms with Crippen molar-refractivity contribution in [1.82, 2.24) is 0 Å². The molecular weight excluding hydrogens is 360 g/mol. The van der Waals surface area contributed by atoms with E-state index in [1.54, 1.807) is 26.8 Å². The molecule has 0 amide bonds. The van der Waals surface area contributed by atoms with E-state index < -0.39 is 27.3 Å². The zero-order valence-electron chi connectivity index (χ0n) is 14.9. The van der Waals surface area contributed by atoms with E-state index in [9.17, 15) is 12.8 Å². The smallest absolute Gasteiger partial charge is 0.229 e. The number of anilines is 1. The van der Waals surface area contributed by atoms with Crippen LogP contribution in [0.4, 0.5) is 14.5 Å². The lowest BCUT2D eigenvalue weighted by molar-refractivity contribution is 0.117. The average molecular weight is 379 g/mol. The Balaban J connectivity index is 2.24. The van der Waals surface area contributed by atoms with Crippen LogP contribution in [-0.2, 0) is 10.0 Å². The van der Waals surface area contributed by atoms with Crippen molar-refractivity contribution in [2.45, 2.75) is 26.4 Å². The highest BCUT2D eigenvalue weighted by Gasteiger charge is 2.37. The van der Waals surface area contributed by atoms with Crippen LogP contribution >= 0.6 is 0 Å². The predicted molar refractivity (Wildman–Crippen MR) is 97.9 cm³/mol. The highest BCUT2D eigenvalue weighted by molar-refractivity contribution is 7.92. The van der Waals surface area contributed by atoms with Crippen molar-refractivity contribution in [2.24, 2.45) is 0 Å². The van der Waals surface area contributed by atoms with Gasteiger partial charge in [0, 0.05) is 17.2 Å². The van der Waals surface area contributed by atoms with Crippen LogP contribution in [0.15, 0.2) is 42.2 Å². The highest BCUT2D eigenvalue weighted by atomic mass is 32.2. The number of aryl methyl sites for hydroxylation is 1. The number of rotatable bonds is 3. The summed E-state index contributed by atoms with van der Waals surface area (Å²) in [5.41, 5.74) is 1.09. The molecule has 0 spiro atoms. The molecule has 4 nitrogen and oxygen atoms in total. The van der Waals surface area contributed by atoms with Crippen molar-refractivity contribution in [2.75, 3.05) is 11.0 Å². The fourth-order valence-corrected chi connectivity index (χ4v) is 3.59. The molecule has 0 radical (unpaired) electrons. The Morgan fingerprint density at radius 3 is 2.27 bits per heavy atom. The number of hydrogen-bond donors (Lipinski definition) is 1. The van der Waals surface area contributed by atoms with E-state index in [1.165, 1.54) is 30.3 Å². The minimum Gasteiger partial charge on any atom is -0.480 e. The number of ether oxygens (including phenoxy) is 1. The van der Waals surface area contributed by atoms with Gasteiger partial charge < -0.3 is 4.74 Å². The number of nitrogens with one attached hydrogen (secondary N) is 1. The summed E-state index contributed by atoms with van der Waals surface area (Å²) in [5.74, 6) is -0.517. The first-order valence-electron chi connectivity index (χ1n) is 7.96. The summed E-state index contributed by atoms with van der Waals surface area (Å²) in [6.07, 6.45) is 1.05. The van der Waals surface area contributed by atoms with E-state index in [1.807, 2.05) is 0 Å². The molecule has 0 bridgehead atoms. The Morgan fingerprint density at radius 1 is 1.08 bits per heavy atom. The molecule has 0 unspecified atom stereocenters. The van der Waals surface area contributed by atoms with Crippen molar-refractivity contribution in [1.29, 1.82) is 0 Å². The average Bonchev–Trinajstić information content (AvgIpc) is 2.48. The summed E-state index contributed by atoms with van der Waals surface area (Å²) < 4.78 is 59.7. The second-order valence-corrected chi connectivity index (χ2v) is 8.60. The summed E-state index contributed by atoms with van der Waals surface area (Å²) in [5, 5.41) is 0. The van der Waals surface area contributed by atoms with Crippen LogP contribution in [0.2, 0.25) is 0 Å². The number of fused-ring (bicyclic) bond motifs is 1. The Kier molecular flexibility index (Phi) is 4.30. The Morgan fingerprint density at radius 2 is 1.69 bits per heavy atom. The van der Waals surface area contributed by atoms with Gasteiger partial charge in [-0.3, -0.25) is 4.72 Å². The summed E-state index contributed by atoms with van der Waals surface area (Å²) in [6.45, 7) is 4.91. The first kappa shape index (κ1) is 18.4. The highest BCUT2D eigenvalue weighted by Crippen LogP contribution is 2.46. The molecular formula is C19H19F2NO3S. The third-order valence-electron chi connectivity index (χ3n) is 4.10. The molecule has 0 saturated carbocycles. The van der Waals surface area contributed by atoms with Gasteiger partial charge in [-0.1, -0.05) is 12.1 Å². The third kappa shape index (κ3) is 3.44. The van der Waals surface area contributed by atoms with Gasteiger partial charge in [0.15, 0.2) is 11.4 Å². The lowest BCUT2D eigenvalue weighted by Gasteiger charge is -2.34. The van der Waals surface area contributed by atoms with E-state index >= 15 is 4.39 Å². The minimum absolute atomic E-state index is 0.319. The van der Waals surface area contributed by atoms with E-state index in [-0.39, 0.29) is 0 Å². The first-order valence-corrected chi connectivity index (χ1v) is 9.85. The van der Waals surface area contributed by atoms with Gasteiger partial charge in [-0.2, -0.15) is 0 Å². The minimum atomic E-state index is -3.46. The van der Waals surface area contributed by atoms with Gasteiger partial charge in [0.1, 0.15) is 11.6 Å². The SMILES string of the molecule is Cc1cc(NS(C)(=O)=O)cc2c1C(c1ccc(F)cc1)=C(F)C(C)(C)O2. The topological polar surface area (TPSA) is 55.4 Å². The molecule has 26 heavy (non-hydrogen) atoms. The van der Waals surface area contributed by atoms with Crippen LogP contribution in [0.1, 0.15) is 30.5 Å². The van der Waals surface area contributed by atoms with Crippen molar-refractivity contribution in [3.8, 4) is 5.75 Å². The first-order chi connectivity index (χ1) is 12.0. The second-order valence-electron chi connectivity index (χ2n) is 6.85. The maximum absolute atomic E-state index is 15.2. The Bertz CT molecular complexity index is 1010. The maximum Gasteiger partial charge on any atom is 0.229 e. The quantitative estimate of drug-likeness (QED) is 0.860. The van der Waals surface area contributed by atoms with Gasteiger partial charge in [-0.25, -0.2) is 17.2 Å². The molecule has 1 aliphatic rings. The van der Waals surface area contributed by atoms with Crippen molar-refractivity contribution < 1.29 is 21.9 Å². The maximum atomic E-state index is 15.2. The zero-order chi connectivity index (χ0) is 19.3. The van der Waals surface area contributed by atoms with Gasteiger partial charge in [0.2, 0.25) is 10.0 Å². The van der Waals surface area contributed by atoms with Crippen LogP contribution in [-0.4, -0.2) is 20.3 Å². The van der Waals surface area contributed by atoms with Crippen LogP contribution in [0.5, 0.6) is 5.75 Å². The lowest BCUT2D eigenvalue weighted by Crippen LogP contribution is -2.33. The van der Waals surface area contributed by atoms with E-state index in [2.05, 4.69) is 4.72 Å². The molecule has 0 aromatic heterocycles. The molecule has 3 rings (SSSR count). The fraction of sp³-hybridized carbons (Fsp3) is 0.263. The molecule has 0 fully saturated rings. The number of benzene rings is 2. The predicted octanol–water partition coefficient (Wildman–Crippen LogP) is 4.41. The van der Waals surface area contributed by atoms with E-state index in [0.717, 1.165) is 6.26 Å². The van der Waals surface area contributed by atoms with Crippen molar-refractivity contribution in [3.05, 3.63) is 64.7 Å². The summed E-state index contributed by atoms with van der Waals surface area (Å²) in [7, 11) is -3.46. The molecule has 1 N–H and O–H groups in total. The van der Waals surface area contributed by atoms with Crippen LogP contribution < -0.4 is 9.46 Å². The molecule has 1 aliphatic heterocycles. The number of sulfonamides is 1. The Hall–Kier alpha value is -2.41. The lowest BCUT2D eigenvalue weighted by atomic mass is 9.86. The normalized spacial score (nSPS) is 16.1. The Labute approximate surface area is 151 Å². The molecule has 1 heterocycles. The molecule has 2 aromatic rings. The third-order valence-corrected chi connectivity index (χ3v) is 4.71. The van der Waals surface area contributed by atoms with Crippen LogP contribution in [0.3, 0.4) is 0 Å². The number of halogens is 2. The van der Waals surface area contributed by atoms with Gasteiger partial charge in [0.25, 0.3) is 0 Å². The van der Waals surface area contributed by atoms with E-state index in [4.69, 9.17) is 4.74 Å². The molecule has 138 valence electrons. The van der Waals surface area contributed by atoms with Gasteiger partial charge in [0.05, 0.1) is 11.9 Å². The summed E-state index contributed by atoms with van der Waals surface area (Å²) >= 11 is 0. The summed E-state index contributed by atoms with van der Waals surface area (Å²) in [6, 6.07) is 8.70. The van der Waals surface area contributed by atoms with Gasteiger partial charge >= 0.3 is 0 Å². The monoisotopic (exact) mass is 379 g/mol. The largest absolute Gasteiger partial charge is 0.480 e. The van der Waals surface area contributed by atoms with Gasteiger partial charge in [-0.15, -0.1) is 0 Å². The van der Waals surface area contributed by atoms with E-state index in [0.29, 0.717) is 33.7 Å². The zero-order valence-corrected chi connectivity index (χ0v) is 15.7. The van der Waals surface area contributed by atoms with Gasteiger partial charge in [-0.05, 0) is 50.1 Å².